The van der Waals surface area contributed by atoms with Crippen LogP contribution in [0.2, 0.25) is 0 Å². The molecule has 0 amide bonds. The first kappa shape index (κ1) is 6.21. The third-order valence-corrected chi connectivity index (χ3v) is 0.586. The van der Waals surface area contributed by atoms with Gasteiger partial charge in [-0.05, 0) is 6.20 Å². The van der Waals surface area contributed by atoms with E-state index in [1.165, 1.54) is 0 Å². The van der Waals surface area contributed by atoms with Crippen molar-refractivity contribution in [3.63, 3.8) is 0 Å². The van der Waals surface area contributed by atoms with E-state index in [4.69, 9.17) is 0 Å². The van der Waals surface area contributed by atoms with Crippen molar-refractivity contribution in [1.29, 1.82) is 0 Å². The Morgan fingerprint density at radius 3 is 2.43 bits per heavy atom. The van der Waals surface area contributed by atoms with Gasteiger partial charge in [-0.15, -0.1) is 0 Å². The lowest BCUT2D eigenvalue weighted by molar-refractivity contribution is 0.712. The smallest absolute Gasteiger partial charge is 0.0883 e. The van der Waals surface area contributed by atoms with Crippen molar-refractivity contribution in [2.24, 2.45) is 4.99 Å². The van der Waals surface area contributed by atoms with Crippen LogP contribution >= 0.6 is 0 Å². The molecule has 7 heavy (non-hydrogen) atoms. The van der Waals surface area contributed by atoms with Gasteiger partial charge in [0.1, 0.15) is 0 Å². The molecule has 0 fully saturated rings. The van der Waals surface area contributed by atoms with Gasteiger partial charge >= 0.3 is 0 Å². The summed E-state index contributed by atoms with van der Waals surface area (Å²) in [5.74, 6) is 0. The molecule has 0 aliphatic rings. The molecular weight excluding hydrogens is 88.1 g/mol. The molecule has 0 unspecified atom stereocenters. The summed E-state index contributed by atoms with van der Waals surface area (Å²) in [7, 11) is 3.60. The summed E-state index contributed by atoms with van der Waals surface area (Å²) in [5, 5.41) is 0. The molecule has 0 aromatic heterocycles. The Labute approximate surface area is 44.2 Å². The summed E-state index contributed by atoms with van der Waals surface area (Å²) in [6.07, 6.45) is 3.38. The summed E-state index contributed by atoms with van der Waals surface area (Å²) >= 11 is 0. The van der Waals surface area contributed by atoms with Crippen molar-refractivity contribution < 1.29 is 0 Å². The van der Waals surface area contributed by atoms with Crippen molar-refractivity contribution in [3.8, 4) is 0 Å². The molecule has 0 rings (SSSR count). The van der Waals surface area contributed by atoms with Crippen LogP contribution in [0.25, 0.3) is 0 Å². The molecule has 2 nitrogen and oxygen atoms in total. The third kappa shape index (κ3) is 3.03. The van der Waals surface area contributed by atoms with E-state index in [-0.39, 0.29) is 0 Å². The largest absolute Gasteiger partial charge is 0.343 e. The fourth-order valence-electron chi connectivity index (χ4n) is 0.229. The Kier molecular flexibility index (Phi) is 3.02. The van der Waals surface area contributed by atoms with Crippen LogP contribution in [0.15, 0.2) is 17.8 Å². The lowest BCUT2D eigenvalue weighted by Crippen LogP contribution is -2.05. The van der Waals surface area contributed by atoms with E-state index in [0.29, 0.717) is 0 Å². The first-order valence-corrected chi connectivity index (χ1v) is 2.08. The average Bonchev–Trinajstić information content (AvgIpc) is 1.68. The van der Waals surface area contributed by atoms with Crippen molar-refractivity contribution in [2.75, 3.05) is 14.1 Å². The van der Waals surface area contributed by atoms with Crippen molar-refractivity contribution >= 4 is 6.34 Å². The Morgan fingerprint density at radius 2 is 2.29 bits per heavy atom. The monoisotopic (exact) mass is 98.1 g/mol. The van der Waals surface area contributed by atoms with Crippen molar-refractivity contribution in [3.05, 3.63) is 12.8 Å². The molecule has 0 spiro atoms. The van der Waals surface area contributed by atoms with Crippen LogP contribution in [0.1, 0.15) is 0 Å². The van der Waals surface area contributed by atoms with Crippen molar-refractivity contribution in [1.82, 2.24) is 4.90 Å². The minimum atomic E-state index is 1.69. The molecule has 0 aromatic rings. The normalized spacial score (nSPS) is 9.43. The van der Waals surface area contributed by atoms with E-state index < -0.39 is 0 Å². The standard InChI is InChI=1S/C5H10N2/c1-4-7(3)5-6-2/h4-5H,1H2,2-3H3/b6-5-. The van der Waals surface area contributed by atoms with E-state index in [2.05, 4.69) is 11.6 Å². The van der Waals surface area contributed by atoms with Crippen molar-refractivity contribution in [2.45, 2.75) is 0 Å². The average molecular weight is 98.1 g/mol. The van der Waals surface area contributed by atoms with Gasteiger partial charge in [-0.25, -0.2) is 0 Å². The molecular formula is C5H10N2. The predicted molar refractivity (Wildman–Crippen MR) is 32.4 cm³/mol. The fraction of sp³-hybridized carbons (Fsp3) is 0.400. The zero-order chi connectivity index (χ0) is 5.70. The van der Waals surface area contributed by atoms with Crippen LogP contribution < -0.4 is 0 Å². The third-order valence-electron chi connectivity index (χ3n) is 0.586. The van der Waals surface area contributed by atoms with Gasteiger partial charge < -0.3 is 4.90 Å². The van der Waals surface area contributed by atoms with Crippen LogP contribution in [0, 0.1) is 0 Å². The van der Waals surface area contributed by atoms with E-state index >= 15 is 0 Å². The Bertz CT molecular complexity index is 76.1. The van der Waals surface area contributed by atoms with E-state index in [0.717, 1.165) is 0 Å². The van der Waals surface area contributed by atoms with Gasteiger partial charge in [0, 0.05) is 14.1 Å². The lowest BCUT2D eigenvalue weighted by atomic mass is 10.8. The first-order valence-electron chi connectivity index (χ1n) is 2.08. The highest BCUT2D eigenvalue weighted by Crippen LogP contribution is 1.70. The fourth-order valence-corrected chi connectivity index (χ4v) is 0.229. The van der Waals surface area contributed by atoms with Crippen LogP contribution in [0.4, 0.5) is 0 Å². The summed E-state index contributed by atoms with van der Waals surface area (Å²) in [6.45, 7) is 3.51. The lowest BCUT2D eigenvalue weighted by Gasteiger charge is -2.00. The van der Waals surface area contributed by atoms with Crippen LogP contribution in [0.3, 0.4) is 0 Å². The molecule has 0 saturated carbocycles. The zero-order valence-electron chi connectivity index (χ0n) is 4.76. The molecule has 0 aliphatic heterocycles. The van der Waals surface area contributed by atoms with Gasteiger partial charge in [-0.3, -0.25) is 4.99 Å². The molecule has 0 saturated heterocycles. The van der Waals surface area contributed by atoms with E-state index in [1.807, 2.05) is 7.05 Å². The number of aliphatic imine (C=N–C) groups is 1. The number of nitrogens with zero attached hydrogens (tertiary/aromatic N) is 2. The number of rotatable bonds is 2. The number of hydrogen-bond donors (Lipinski definition) is 0. The highest BCUT2D eigenvalue weighted by molar-refractivity contribution is 5.55. The Morgan fingerprint density at radius 1 is 1.71 bits per heavy atom. The topological polar surface area (TPSA) is 15.6 Å². The second-order valence-corrected chi connectivity index (χ2v) is 1.22. The minimum absolute atomic E-state index is 1.69. The predicted octanol–water partition coefficient (Wildman–Crippen LogP) is 0.720. The molecule has 0 radical (unpaired) electrons. The zero-order valence-corrected chi connectivity index (χ0v) is 4.76. The summed E-state index contributed by atoms with van der Waals surface area (Å²) in [6, 6.07) is 0. The molecule has 0 heterocycles. The first-order chi connectivity index (χ1) is 3.31. The van der Waals surface area contributed by atoms with E-state index in [1.54, 1.807) is 24.5 Å². The minimum Gasteiger partial charge on any atom is -0.343 e. The summed E-state index contributed by atoms with van der Waals surface area (Å²) in [5.41, 5.74) is 0. The van der Waals surface area contributed by atoms with Gasteiger partial charge in [-0.2, -0.15) is 0 Å². The summed E-state index contributed by atoms with van der Waals surface area (Å²) in [4.78, 5) is 5.51. The molecule has 40 valence electrons. The van der Waals surface area contributed by atoms with E-state index in [9.17, 15) is 0 Å². The maximum Gasteiger partial charge on any atom is 0.0883 e. The van der Waals surface area contributed by atoms with Gasteiger partial charge in [0.2, 0.25) is 0 Å². The molecule has 0 aromatic carbocycles. The second-order valence-electron chi connectivity index (χ2n) is 1.22. The maximum absolute atomic E-state index is 3.74. The highest BCUT2D eigenvalue weighted by Gasteiger charge is 1.72. The molecule has 2 heteroatoms. The van der Waals surface area contributed by atoms with Crippen LogP contribution in [0.5, 0.6) is 0 Å². The molecule has 0 bridgehead atoms. The molecule has 0 atom stereocenters. The van der Waals surface area contributed by atoms with Crippen LogP contribution in [-0.4, -0.2) is 25.3 Å². The Balaban J connectivity index is 3.35. The maximum atomic E-state index is 3.74. The SMILES string of the molecule is C=CN(C)/C=N\C. The van der Waals surface area contributed by atoms with Crippen LogP contribution in [-0.2, 0) is 0 Å². The quantitative estimate of drug-likeness (QED) is 0.367. The highest BCUT2D eigenvalue weighted by atomic mass is 15.1. The summed E-state index contributed by atoms with van der Waals surface area (Å²) < 4.78 is 0. The molecule has 0 aliphatic carbocycles. The molecule has 0 N–H and O–H groups in total. The Hall–Kier alpha value is -0.790. The number of hydrogen-bond acceptors (Lipinski definition) is 1. The second kappa shape index (κ2) is 3.40. The van der Waals surface area contributed by atoms with Gasteiger partial charge in [0.25, 0.3) is 0 Å². The van der Waals surface area contributed by atoms with Gasteiger partial charge in [-0.1, -0.05) is 6.58 Å². The van der Waals surface area contributed by atoms with Gasteiger partial charge in [0.15, 0.2) is 0 Å². The van der Waals surface area contributed by atoms with Gasteiger partial charge in [0.05, 0.1) is 6.34 Å².